The van der Waals surface area contributed by atoms with E-state index in [0.717, 1.165) is 22.3 Å². The summed E-state index contributed by atoms with van der Waals surface area (Å²) in [5.41, 5.74) is 2.87. The van der Waals surface area contributed by atoms with E-state index in [9.17, 15) is 4.79 Å². The van der Waals surface area contributed by atoms with E-state index >= 15 is 0 Å². The highest BCUT2D eigenvalue weighted by atomic mass is 16.2. The number of rotatable bonds is 2. The monoisotopic (exact) mass is 270 g/mol. The second-order valence-corrected chi connectivity index (χ2v) is 5.06. The minimum absolute atomic E-state index is 0.0954. The Hall–Kier alpha value is -2.21. The van der Waals surface area contributed by atoms with Gasteiger partial charge >= 0.3 is 0 Å². The Balaban J connectivity index is 1.86. The van der Waals surface area contributed by atoms with Crippen LogP contribution in [-0.2, 0) is 4.79 Å². The Morgan fingerprint density at radius 2 is 2.35 bits per heavy atom. The van der Waals surface area contributed by atoms with Crippen LogP contribution in [0.5, 0.6) is 0 Å². The van der Waals surface area contributed by atoms with E-state index in [1.165, 1.54) is 6.33 Å². The van der Waals surface area contributed by atoms with Crippen LogP contribution in [0.2, 0.25) is 0 Å². The fraction of sp³-hybridized carbons (Fsp3) is 0.357. The Labute approximate surface area is 116 Å². The molecule has 0 fully saturated rings. The average Bonchev–Trinajstić information content (AvgIpc) is 2.90. The molecule has 0 aromatic carbocycles. The molecule has 6 nitrogen and oxygen atoms in total. The summed E-state index contributed by atoms with van der Waals surface area (Å²) in [5, 5.41) is 4.08. The van der Waals surface area contributed by atoms with Crippen molar-refractivity contribution in [3.8, 4) is 0 Å². The Bertz CT molecular complexity index is 640. The fourth-order valence-electron chi connectivity index (χ4n) is 2.39. The molecule has 0 saturated carbocycles. The summed E-state index contributed by atoms with van der Waals surface area (Å²) in [7, 11) is 3.55. The maximum Gasteiger partial charge on any atom is 0.239 e. The van der Waals surface area contributed by atoms with Crippen molar-refractivity contribution in [3.05, 3.63) is 30.4 Å². The lowest BCUT2D eigenvalue weighted by molar-refractivity contribution is -0.130. The van der Waals surface area contributed by atoms with Gasteiger partial charge in [0.15, 0.2) is 0 Å². The molecule has 2 aromatic heterocycles. The number of hydrogen-bond donors (Lipinski definition) is 2. The molecule has 3 heterocycles. The molecular formula is C14H16N5O. The summed E-state index contributed by atoms with van der Waals surface area (Å²) in [6, 6.07) is 1.80. The van der Waals surface area contributed by atoms with Crippen molar-refractivity contribution in [2.75, 3.05) is 20.6 Å². The number of carbonyl (C=O) groups excluding carboxylic acids is 1. The maximum absolute atomic E-state index is 12.0. The van der Waals surface area contributed by atoms with Gasteiger partial charge in [0, 0.05) is 31.7 Å². The predicted octanol–water partition coefficient (Wildman–Crippen LogP) is 0.592. The van der Waals surface area contributed by atoms with E-state index in [1.54, 1.807) is 19.0 Å². The molecule has 103 valence electrons. The van der Waals surface area contributed by atoms with Crippen LogP contribution < -0.4 is 5.32 Å². The topological polar surface area (TPSA) is 73.9 Å². The summed E-state index contributed by atoms with van der Waals surface area (Å²) < 4.78 is 0. The molecule has 20 heavy (non-hydrogen) atoms. The largest absolute Gasteiger partial charge is 0.347 e. The zero-order chi connectivity index (χ0) is 14.1. The smallest absolute Gasteiger partial charge is 0.239 e. The van der Waals surface area contributed by atoms with Gasteiger partial charge in [0.05, 0.1) is 6.04 Å². The highest BCUT2D eigenvalue weighted by Gasteiger charge is 2.24. The second kappa shape index (κ2) is 5.05. The van der Waals surface area contributed by atoms with Crippen molar-refractivity contribution in [1.29, 1.82) is 0 Å². The number of aromatic nitrogens is 3. The summed E-state index contributed by atoms with van der Waals surface area (Å²) in [4.78, 5) is 25.0. The van der Waals surface area contributed by atoms with E-state index in [0.29, 0.717) is 13.0 Å². The van der Waals surface area contributed by atoms with Crippen LogP contribution in [0.3, 0.4) is 0 Å². The van der Waals surface area contributed by atoms with Crippen molar-refractivity contribution in [2.24, 2.45) is 0 Å². The molecule has 0 aliphatic carbocycles. The van der Waals surface area contributed by atoms with E-state index < -0.39 is 0 Å². The van der Waals surface area contributed by atoms with Crippen molar-refractivity contribution in [3.63, 3.8) is 0 Å². The van der Waals surface area contributed by atoms with Crippen molar-refractivity contribution in [1.82, 2.24) is 25.2 Å². The van der Waals surface area contributed by atoms with Crippen LogP contribution >= 0.6 is 0 Å². The van der Waals surface area contributed by atoms with Gasteiger partial charge in [-0.25, -0.2) is 9.97 Å². The maximum atomic E-state index is 12.0. The van der Waals surface area contributed by atoms with Gasteiger partial charge in [-0.1, -0.05) is 6.08 Å². The third-order valence-electron chi connectivity index (χ3n) is 3.45. The first-order chi connectivity index (χ1) is 9.65. The number of nitrogens with zero attached hydrogens (tertiary/aromatic N) is 3. The van der Waals surface area contributed by atoms with Crippen LogP contribution in [-0.4, -0.2) is 52.4 Å². The lowest BCUT2D eigenvalue weighted by Gasteiger charge is -2.25. The van der Waals surface area contributed by atoms with Crippen LogP contribution in [0.15, 0.2) is 18.5 Å². The minimum atomic E-state index is -0.175. The molecule has 1 amide bonds. The van der Waals surface area contributed by atoms with Gasteiger partial charge in [-0.05, 0) is 18.1 Å². The number of aromatic amines is 1. The first-order valence-electron chi connectivity index (χ1n) is 6.50. The van der Waals surface area contributed by atoms with E-state index in [4.69, 9.17) is 0 Å². The minimum Gasteiger partial charge on any atom is -0.347 e. The molecule has 2 N–H and O–H groups in total. The van der Waals surface area contributed by atoms with Crippen LogP contribution in [0.1, 0.15) is 12.1 Å². The number of H-pyrrole nitrogens is 1. The van der Waals surface area contributed by atoms with Crippen molar-refractivity contribution >= 4 is 22.5 Å². The van der Waals surface area contributed by atoms with Gasteiger partial charge < -0.3 is 15.2 Å². The lowest BCUT2D eigenvalue weighted by Crippen LogP contribution is -2.45. The Morgan fingerprint density at radius 1 is 1.50 bits per heavy atom. The number of fused-ring (bicyclic) bond motifs is 1. The SMILES string of the molecule is CN(C)C(=O)C1CC(c2cc3[c]ncnc3[nH]2)=CCN1. The summed E-state index contributed by atoms with van der Waals surface area (Å²) in [6.45, 7) is 0.685. The standard InChI is InChI=1S/C14H16N5O/c1-19(2)14(20)12-5-9(3-4-16-12)11-6-10-7-15-8-17-13(10)18-11/h3,6,8,12,16H,4-5H2,1-2H3,(H,15,17,18). The first-order valence-corrected chi connectivity index (χ1v) is 6.50. The van der Waals surface area contributed by atoms with Gasteiger partial charge in [0.1, 0.15) is 18.2 Å². The Morgan fingerprint density at radius 3 is 3.10 bits per heavy atom. The molecule has 1 unspecified atom stereocenters. The predicted molar refractivity (Wildman–Crippen MR) is 75.8 cm³/mol. The summed E-state index contributed by atoms with van der Waals surface area (Å²) in [5.74, 6) is 0.0954. The van der Waals surface area contributed by atoms with Gasteiger partial charge in [0.25, 0.3) is 0 Å². The van der Waals surface area contributed by atoms with Gasteiger partial charge in [-0.15, -0.1) is 0 Å². The van der Waals surface area contributed by atoms with Crippen LogP contribution in [0.25, 0.3) is 16.6 Å². The number of carbonyl (C=O) groups is 1. The molecule has 1 aliphatic heterocycles. The zero-order valence-electron chi connectivity index (χ0n) is 11.5. The van der Waals surface area contributed by atoms with E-state index in [1.807, 2.05) is 6.07 Å². The molecule has 0 saturated heterocycles. The number of likely N-dealkylation sites (N-methyl/N-ethyl adjacent to an activating group) is 1. The number of nitrogens with one attached hydrogen (secondary N) is 2. The summed E-state index contributed by atoms with van der Waals surface area (Å²) in [6.07, 6.45) is 7.13. The van der Waals surface area contributed by atoms with Crippen molar-refractivity contribution in [2.45, 2.75) is 12.5 Å². The first kappa shape index (κ1) is 12.8. The molecular weight excluding hydrogens is 254 g/mol. The molecule has 0 bridgehead atoms. The molecule has 1 atom stereocenters. The fourth-order valence-corrected chi connectivity index (χ4v) is 2.39. The normalized spacial score (nSPS) is 18.9. The summed E-state index contributed by atoms with van der Waals surface area (Å²) >= 11 is 0. The van der Waals surface area contributed by atoms with Gasteiger partial charge in [-0.2, -0.15) is 0 Å². The van der Waals surface area contributed by atoms with Gasteiger partial charge in [0.2, 0.25) is 5.91 Å². The molecule has 1 aliphatic rings. The quantitative estimate of drug-likeness (QED) is 0.837. The average molecular weight is 270 g/mol. The van der Waals surface area contributed by atoms with Crippen molar-refractivity contribution < 1.29 is 4.79 Å². The van der Waals surface area contributed by atoms with Crippen LogP contribution in [0.4, 0.5) is 0 Å². The third-order valence-corrected chi connectivity index (χ3v) is 3.45. The second-order valence-electron chi connectivity index (χ2n) is 5.06. The molecule has 3 rings (SSSR count). The highest BCUT2D eigenvalue weighted by molar-refractivity contribution is 5.86. The lowest BCUT2D eigenvalue weighted by atomic mass is 9.98. The third kappa shape index (κ3) is 2.30. The molecule has 6 heteroatoms. The van der Waals surface area contributed by atoms with Crippen LogP contribution in [0, 0.1) is 6.20 Å². The van der Waals surface area contributed by atoms with E-state index in [2.05, 4.69) is 32.5 Å². The molecule has 1 radical (unpaired) electrons. The number of hydrogen-bond acceptors (Lipinski definition) is 4. The Kier molecular flexibility index (Phi) is 3.23. The van der Waals surface area contributed by atoms with E-state index in [-0.39, 0.29) is 11.9 Å². The molecule has 2 aromatic rings. The highest BCUT2D eigenvalue weighted by Crippen LogP contribution is 2.24. The molecule has 0 spiro atoms. The van der Waals surface area contributed by atoms with Gasteiger partial charge in [-0.3, -0.25) is 4.79 Å². The number of amides is 1. The zero-order valence-corrected chi connectivity index (χ0v) is 11.5.